The SMILES string of the molecule is CC(C)Oc1ccccc1NC(=O)C1(C(=O)N(C)C2CCS(=O)(=O)C2)CC1. The number of hydrogen-bond donors (Lipinski definition) is 1. The number of nitrogens with one attached hydrogen (secondary N) is 1. The fourth-order valence-electron chi connectivity index (χ4n) is 3.42. The van der Waals surface area contributed by atoms with Crippen LogP contribution in [0.3, 0.4) is 0 Å². The maximum atomic E-state index is 13.0. The Morgan fingerprint density at radius 2 is 1.93 bits per heavy atom. The number of sulfone groups is 1. The molecule has 2 fully saturated rings. The van der Waals surface area contributed by atoms with Gasteiger partial charge in [-0.25, -0.2) is 8.42 Å². The van der Waals surface area contributed by atoms with E-state index in [2.05, 4.69) is 5.32 Å². The lowest BCUT2D eigenvalue weighted by Gasteiger charge is -2.27. The van der Waals surface area contributed by atoms with Gasteiger partial charge in [0.15, 0.2) is 9.84 Å². The Bertz CT molecular complexity index is 845. The Kier molecular flexibility index (Phi) is 5.20. The zero-order chi connectivity index (χ0) is 19.8. The maximum absolute atomic E-state index is 13.0. The first-order valence-corrected chi connectivity index (χ1v) is 11.0. The number of ether oxygens (including phenoxy) is 1. The fourth-order valence-corrected chi connectivity index (χ4v) is 5.19. The predicted octanol–water partition coefficient (Wildman–Crippen LogP) is 1.84. The molecule has 1 atom stereocenters. The van der Waals surface area contributed by atoms with Crippen LogP contribution in [0.2, 0.25) is 0 Å². The highest BCUT2D eigenvalue weighted by Crippen LogP contribution is 2.49. The third-order valence-electron chi connectivity index (χ3n) is 5.17. The summed E-state index contributed by atoms with van der Waals surface area (Å²) < 4.78 is 29.1. The highest BCUT2D eigenvalue weighted by Gasteiger charge is 2.58. The van der Waals surface area contributed by atoms with Crippen LogP contribution in [-0.4, -0.2) is 55.8 Å². The second kappa shape index (κ2) is 7.14. The van der Waals surface area contributed by atoms with Crippen molar-refractivity contribution in [3.8, 4) is 5.75 Å². The van der Waals surface area contributed by atoms with Crippen LogP contribution in [-0.2, 0) is 19.4 Å². The van der Waals surface area contributed by atoms with E-state index in [1.54, 1.807) is 25.2 Å². The van der Waals surface area contributed by atoms with E-state index in [0.29, 0.717) is 30.7 Å². The minimum atomic E-state index is -3.10. The van der Waals surface area contributed by atoms with Gasteiger partial charge in [0.25, 0.3) is 0 Å². The normalized spacial score (nSPS) is 22.3. The molecule has 2 amide bonds. The molecular weight excluding hydrogens is 368 g/mol. The van der Waals surface area contributed by atoms with Crippen LogP contribution in [0.4, 0.5) is 5.69 Å². The number of rotatable bonds is 6. The zero-order valence-electron chi connectivity index (χ0n) is 15.9. The molecule has 0 radical (unpaired) electrons. The first kappa shape index (κ1) is 19.7. The summed E-state index contributed by atoms with van der Waals surface area (Å²) in [5.41, 5.74) is -0.576. The summed E-state index contributed by atoms with van der Waals surface area (Å²) in [5, 5.41) is 2.83. The molecule has 0 spiro atoms. The maximum Gasteiger partial charge on any atom is 0.240 e. The number of hydrogen-bond acceptors (Lipinski definition) is 5. The fraction of sp³-hybridized carbons (Fsp3) is 0.579. The molecule has 1 aromatic rings. The van der Waals surface area contributed by atoms with Crippen molar-refractivity contribution in [2.75, 3.05) is 23.9 Å². The van der Waals surface area contributed by atoms with E-state index in [4.69, 9.17) is 4.74 Å². The number of benzene rings is 1. The number of amides is 2. The largest absolute Gasteiger partial charge is 0.489 e. The molecule has 1 aliphatic heterocycles. The number of carbonyl (C=O) groups excluding carboxylic acids is 2. The summed E-state index contributed by atoms with van der Waals surface area (Å²) in [6.45, 7) is 3.80. The number of nitrogens with zero attached hydrogens (tertiary/aromatic N) is 1. The molecule has 1 heterocycles. The predicted molar refractivity (Wildman–Crippen MR) is 102 cm³/mol. The average molecular weight is 394 g/mol. The van der Waals surface area contributed by atoms with Gasteiger partial charge >= 0.3 is 0 Å². The summed E-state index contributed by atoms with van der Waals surface area (Å²) in [5.74, 6) is -0.0458. The van der Waals surface area contributed by atoms with Crippen molar-refractivity contribution in [1.82, 2.24) is 4.90 Å². The topological polar surface area (TPSA) is 92.8 Å². The first-order valence-electron chi connectivity index (χ1n) is 9.19. The van der Waals surface area contributed by atoms with Crippen molar-refractivity contribution in [2.24, 2.45) is 5.41 Å². The van der Waals surface area contributed by atoms with Crippen molar-refractivity contribution >= 4 is 27.3 Å². The van der Waals surface area contributed by atoms with Gasteiger partial charge in [0, 0.05) is 13.1 Å². The van der Waals surface area contributed by atoms with Crippen molar-refractivity contribution < 1.29 is 22.7 Å². The number of para-hydroxylation sites is 2. The van der Waals surface area contributed by atoms with Gasteiger partial charge in [0.2, 0.25) is 11.8 Å². The van der Waals surface area contributed by atoms with Crippen LogP contribution in [0.5, 0.6) is 5.75 Å². The smallest absolute Gasteiger partial charge is 0.240 e. The quantitative estimate of drug-likeness (QED) is 0.743. The standard InChI is InChI=1S/C19H26N2O5S/c1-13(2)26-16-7-5-4-6-15(16)20-17(22)19(9-10-19)18(23)21(3)14-8-11-27(24,25)12-14/h4-7,13-14H,8-12H2,1-3H3,(H,20,22). The van der Waals surface area contributed by atoms with Crippen LogP contribution >= 0.6 is 0 Å². The van der Waals surface area contributed by atoms with Gasteiger partial charge in [-0.1, -0.05) is 12.1 Å². The molecule has 0 aromatic heterocycles. The molecule has 0 bridgehead atoms. The van der Waals surface area contributed by atoms with Crippen molar-refractivity contribution in [3.63, 3.8) is 0 Å². The van der Waals surface area contributed by atoms with Gasteiger partial charge in [-0.2, -0.15) is 0 Å². The summed E-state index contributed by atoms with van der Waals surface area (Å²) in [6.07, 6.45) is 1.31. The summed E-state index contributed by atoms with van der Waals surface area (Å²) in [6, 6.07) is 6.76. The molecule has 1 aliphatic carbocycles. The Balaban J connectivity index is 1.72. The highest BCUT2D eigenvalue weighted by atomic mass is 32.2. The Labute approximate surface area is 160 Å². The zero-order valence-corrected chi connectivity index (χ0v) is 16.7. The van der Waals surface area contributed by atoms with E-state index < -0.39 is 15.3 Å². The Morgan fingerprint density at radius 1 is 1.26 bits per heavy atom. The molecule has 1 aromatic carbocycles. The van der Waals surface area contributed by atoms with Gasteiger partial charge in [0.05, 0.1) is 23.3 Å². The molecule has 148 valence electrons. The average Bonchev–Trinajstić information content (AvgIpc) is 3.33. The minimum absolute atomic E-state index is 0.0298. The lowest BCUT2D eigenvalue weighted by Crippen LogP contribution is -2.46. The highest BCUT2D eigenvalue weighted by molar-refractivity contribution is 7.91. The van der Waals surface area contributed by atoms with E-state index >= 15 is 0 Å². The molecule has 27 heavy (non-hydrogen) atoms. The van der Waals surface area contributed by atoms with E-state index in [1.165, 1.54) is 4.90 Å². The number of anilines is 1. The molecule has 7 nitrogen and oxygen atoms in total. The van der Waals surface area contributed by atoms with Crippen LogP contribution in [0.15, 0.2) is 24.3 Å². The third-order valence-corrected chi connectivity index (χ3v) is 6.92. The lowest BCUT2D eigenvalue weighted by atomic mass is 10.0. The van der Waals surface area contributed by atoms with Gasteiger partial charge in [0.1, 0.15) is 11.2 Å². The van der Waals surface area contributed by atoms with Gasteiger partial charge in [-0.15, -0.1) is 0 Å². The molecule has 8 heteroatoms. The van der Waals surface area contributed by atoms with E-state index in [0.717, 1.165) is 0 Å². The summed E-state index contributed by atoms with van der Waals surface area (Å²) >= 11 is 0. The van der Waals surface area contributed by atoms with Gasteiger partial charge < -0.3 is 15.0 Å². The Morgan fingerprint density at radius 3 is 2.48 bits per heavy atom. The summed E-state index contributed by atoms with van der Waals surface area (Å²) in [7, 11) is -1.50. The van der Waals surface area contributed by atoms with Crippen molar-refractivity contribution in [3.05, 3.63) is 24.3 Å². The van der Waals surface area contributed by atoms with Crippen LogP contribution < -0.4 is 10.1 Å². The molecule has 1 saturated heterocycles. The van der Waals surface area contributed by atoms with E-state index in [-0.39, 0.29) is 35.5 Å². The van der Waals surface area contributed by atoms with Crippen LogP contribution in [0.25, 0.3) is 0 Å². The molecule has 1 unspecified atom stereocenters. The van der Waals surface area contributed by atoms with Crippen LogP contribution in [0, 0.1) is 5.41 Å². The van der Waals surface area contributed by atoms with E-state index in [1.807, 2.05) is 19.9 Å². The molecule has 1 N–H and O–H groups in total. The van der Waals surface area contributed by atoms with Gasteiger partial charge in [-0.05, 0) is 45.2 Å². The van der Waals surface area contributed by atoms with Crippen LogP contribution in [0.1, 0.15) is 33.1 Å². The molecular formula is C19H26N2O5S. The van der Waals surface area contributed by atoms with Crippen molar-refractivity contribution in [2.45, 2.75) is 45.3 Å². The second-order valence-corrected chi connectivity index (χ2v) is 9.90. The third kappa shape index (κ3) is 4.10. The lowest BCUT2D eigenvalue weighted by molar-refractivity contribution is -0.142. The van der Waals surface area contributed by atoms with E-state index in [9.17, 15) is 18.0 Å². The second-order valence-electron chi connectivity index (χ2n) is 7.67. The summed E-state index contributed by atoms with van der Waals surface area (Å²) in [4.78, 5) is 27.3. The first-order chi connectivity index (χ1) is 12.6. The van der Waals surface area contributed by atoms with Crippen molar-refractivity contribution in [1.29, 1.82) is 0 Å². The minimum Gasteiger partial charge on any atom is -0.489 e. The molecule has 2 aliphatic rings. The molecule has 3 rings (SSSR count). The monoisotopic (exact) mass is 394 g/mol. The van der Waals surface area contributed by atoms with Gasteiger partial charge in [-0.3, -0.25) is 9.59 Å². The molecule has 1 saturated carbocycles. The Hall–Kier alpha value is -2.09. The number of carbonyl (C=O) groups is 2.